The van der Waals surface area contributed by atoms with E-state index >= 15 is 0 Å². The summed E-state index contributed by atoms with van der Waals surface area (Å²) < 4.78 is 1.64. The Labute approximate surface area is 157 Å². The normalized spacial score (nSPS) is 20.0. The lowest BCUT2D eigenvalue weighted by Crippen LogP contribution is -2.40. The molecule has 138 valence electrons. The Morgan fingerprint density at radius 3 is 2.58 bits per heavy atom. The standard InChI is InChI=1S/C19H22ClN3O3/c1-12(2)19(18(25)26)8-9-22(11-19)17(24)15-10-13(3)23(21-15)16-7-5-4-6-14(16)20/h4-7,10,12H,8-9,11H2,1-3H3,(H,25,26). The molecule has 3 rings (SSSR count). The molecule has 1 amide bonds. The van der Waals surface area contributed by atoms with Crippen molar-refractivity contribution in [3.63, 3.8) is 0 Å². The van der Waals surface area contributed by atoms with Gasteiger partial charge in [0.05, 0.1) is 16.1 Å². The van der Waals surface area contributed by atoms with Crippen LogP contribution in [-0.4, -0.2) is 44.8 Å². The van der Waals surface area contributed by atoms with Crippen LogP contribution >= 0.6 is 11.6 Å². The number of aryl methyl sites for hydroxylation is 1. The van der Waals surface area contributed by atoms with E-state index in [0.717, 1.165) is 5.69 Å². The minimum absolute atomic E-state index is 0.0554. The lowest BCUT2D eigenvalue weighted by Gasteiger charge is -2.28. The molecule has 1 fully saturated rings. The van der Waals surface area contributed by atoms with Crippen molar-refractivity contribution in [3.8, 4) is 5.69 Å². The molecular formula is C19H22ClN3O3. The summed E-state index contributed by atoms with van der Waals surface area (Å²) >= 11 is 6.23. The molecule has 0 radical (unpaired) electrons. The van der Waals surface area contributed by atoms with Crippen LogP contribution in [0.2, 0.25) is 5.02 Å². The maximum absolute atomic E-state index is 12.9. The minimum atomic E-state index is -0.893. The highest BCUT2D eigenvalue weighted by atomic mass is 35.5. The second kappa shape index (κ2) is 6.76. The average Bonchev–Trinajstić information content (AvgIpc) is 3.20. The number of carbonyl (C=O) groups excluding carboxylic acids is 1. The third-order valence-electron chi connectivity index (χ3n) is 5.31. The van der Waals surface area contributed by atoms with E-state index in [1.165, 1.54) is 0 Å². The van der Waals surface area contributed by atoms with E-state index in [2.05, 4.69) is 5.10 Å². The lowest BCUT2D eigenvalue weighted by molar-refractivity contribution is -0.150. The van der Waals surface area contributed by atoms with Crippen LogP contribution in [-0.2, 0) is 4.79 Å². The number of hydrogen-bond donors (Lipinski definition) is 1. The van der Waals surface area contributed by atoms with E-state index in [1.54, 1.807) is 21.7 Å². The van der Waals surface area contributed by atoms with Gasteiger partial charge in [-0.2, -0.15) is 5.10 Å². The van der Waals surface area contributed by atoms with E-state index in [9.17, 15) is 14.7 Å². The fourth-order valence-electron chi connectivity index (χ4n) is 3.51. The number of hydrogen-bond acceptors (Lipinski definition) is 3. The third kappa shape index (κ3) is 2.98. The van der Waals surface area contributed by atoms with Gasteiger partial charge in [-0.1, -0.05) is 37.6 Å². The van der Waals surface area contributed by atoms with Crippen molar-refractivity contribution < 1.29 is 14.7 Å². The number of nitrogens with zero attached hydrogens (tertiary/aromatic N) is 3. The van der Waals surface area contributed by atoms with E-state index in [-0.39, 0.29) is 18.4 Å². The van der Waals surface area contributed by atoms with Crippen LogP contribution in [0.1, 0.15) is 36.5 Å². The topological polar surface area (TPSA) is 75.4 Å². The number of rotatable bonds is 4. The maximum Gasteiger partial charge on any atom is 0.311 e. The van der Waals surface area contributed by atoms with Crippen LogP contribution in [0.15, 0.2) is 30.3 Å². The van der Waals surface area contributed by atoms with Crippen LogP contribution in [0.4, 0.5) is 0 Å². The SMILES string of the molecule is Cc1cc(C(=O)N2CCC(C(=O)O)(C(C)C)C2)nn1-c1ccccc1Cl. The summed E-state index contributed by atoms with van der Waals surface area (Å²) in [6.07, 6.45) is 0.454. The van der Waals surface area contributed by atoms with E-state index in [0.29, 0.717) is 29.4 Å². The van der Waals surface area contributed by atoms with Crippen molar-refractivity contribution in [2.75, 3.05) is 13.1 Å². The number of carbonyl (C=O) groups is 2. The molecule has 2 aromatic rings. The molecule has 6 nitrogen and oxygen atoms in total. The summed E-state index contributed by atoms with van der Waals surface area (Å²) in [5.41, 5.74) is 0.895. The quantitative estimate of drug-likeness (QED) is 0.888. The number of carboxylic acid groups (broad SMARTS) is 1. The first-order chi connectivity index (χ1) is 12.3. The monoisotopic (exact) mass is 375 g/mol. The third-order valence-corrected chi connectivity index (χ3v) is 5.63. The number of halogens is 1. The Morgan fingerprint density at radius 1 is 1.31 bits per heavy atom. The van der Waals surface area contributed by atoms with Crippen molar-refractivity contribution in [2.24, 2.45) is 11.3 Å². The van der Waals surface area contributed by atoms with Gasteiger partial charge < -0.3 is 10.0 Å². The van der Waals surface area contributed by atoms with Crippen LogP contribution in [0, 0.1) is 18.3 Å². The number of aromatic nitrogens is 2. The fraction of sp³-hybridized carbons (Fsp3) is 0.421. The Hall–Kier alpha value is -2.34. The first-order valence-electron chi connectivity index (χ1n) is 8.60. The molecule has 1 aliphatic heterocycles. The molecule has 1 N–H and O–H groups in total. The van der Waals surface area contributed by atoms with Gasteiger partial charge in [-0.15, -0.1) is 0 Å². The smallest absolute Gasteiger partial charge is 0.311 e. The molecule has 1 saturated heterocycles. The molecule has 0 aliphatic carbocycles. The van der Waals surface area contributed by atoms with Gasteiger partial charge >= 0.3 is 5.97 Å². The fourth-order valence-corrected chi connectivity index (χ4v) is 3.72. The zero-order chi connectivity index (χ0) is 19.1. The van der Waals surface area contributed by atoms with Crippen molar-refractivity contribution >= 4 is 23.5 Å². The van der Waals surface area contributed by atoms with Crippen LogP contribution in [0.25, 0.3) is 5.69 Å². The van der Waals surface area contributed by atoms with Crippen molar-refractivity contribution in [1.82, 2.24) is 14.7 Å². The molecule has 26 heavy (non-hydrogen) atoms. The number of carboxylic acids is 1. The van der Waals surface area contributed by atoms with Gasteiger partial charge in [0, 0.05) is 18.8 Å². The summed E-state index contributed by atoms with van der Waals surface area (Å²) in [4.78, 5) is 26.3. The predicted octanol–water partition coefficient (Wildman–Crippen LogP) is 3.41. The van der Waals surface area contributed by atoms with Gasteiger partial charge in [0.1, 0.15) is 0 Å². The average molecular weight is 376 g/mol. The van der Waals surface area contributed by atoms with Gasteiger partial charge in [-0.05, 0) is 37.5 Å². The van der Waals surface area contributed by atoms with E-state index in [1.807, 2.05) is 39.0 Å². The Kier molecular flexibility index (Phi) is 4.80. The van der Waals surface area contributed by atoms with Gasteiger partial charge in [-0.3, -0.25) is 9.59 Å². The van der Waals surface area contributed by atoms with Gasteiger partial charge in [0.2, 0.25) is 0 Å². The first-order valence-corrected chi connectivity index (χ1v) is 8.98. The molecule has 1 unspecified atom stereocenters. The minimum Gasteiger partial charge on any atom is -0.481 e. The van der Waals surface area contributed by atoms with Crippen LogP contribution < -0.4 is 0 Å². The highest BCUT2D eigenvalue weighted by molar-refractivity contribution is 6.32. The van der Waals surface area contributed by atoms with Crippen LogP contribution in [0.5, 0.6) is 0 Å². The molecule has 0 saturated carbocycles. The Morgan fingerprint density at radius 2 is 2.00 bits per heavy atom. The first kappa shape index (κ1) is 18.5. The van der Waals surface area contributed by atoms with Crippen LogP contribution in [0.3, 0.4) is 0 Å². The second-order valence-corrected chi connectivity index (χ2v) is 7.53. The van der Waals surface area contributed by atoms with Gasteiger partial charge in [0.15, 0.2) is 5.69 Å². The molecular weight excluding hydrogens is 354 g/mol. The van der Waals surface area contributed by atoms with E-state index < -0.39 is 11.4 Å². The number of amides is 1. The highest BCUT2D eigenvalue weighted by Gasteiger charge is 2.48. The van der Waals surface area contributed by atoms with Gasteiger partial charge in [0.25, 0.3) is 5.91 Å². The molecule has 1 aromatic heterocycles. The van der Waals surface area contributed by atoms with Gasteiger partial charge in [-0.25, -0.2) is 4.68 Å². The Bertz CT molecular complexity index is 861. The van der Waals surface area contributed by atoms with Crippen molar-refractivity contribution in [1.29, 1.82) is 0 Å². The number of para-hydroxylation sites is 1. The second-order valence-electron chi connectivity index (χ2n) is 7.13. The molecule has 1 aromatic carbocycles. The molecule has 0 bridgehead atoms. The summed E-state index contributed by atoms with van der Waals surface area (Å²) in [5.74, 6) is -1.15. The van der Waals surface area contributed by atoms with Crippen molar-refractivity contribution in [2.45, 2.75) is 27.2 Å². The summed E-state index contributed by atoms with van der Waals surface area (Å²) in [5, 5.41) is 14.6. The zero-order valence-corrected chi connectivity index (χ0v) is 15.8. The predicted molar refractivity (Wildman–Crippen MR) is 98.7 cm³/mol. The summed E-state index contributed by atoms with van der Waals surface area (Å²) in [7, 11) is 0. The summed E-state index contributed by atoms with van der Waals surface area (Å²) in [6.45, 7) is 6.25. The number of aliphatic carboxylic acids is 1. The molecule has 2 heterocycles. The number of benzene rings is 1. The molecule has 0 spiro atoms. The van der Waals surface area contributed by atoms with Crippen molar-refractivity contribution in [3.05, 3.63) is 46.7 Å². The zero-order valence-electron chi connectivity index (χ0n) is 15.1. The highest BCUT2D eigenvalue weighted by Crippen LogP contribution is 2.38. The number of likely N-dealkylation sites (tertiary alicyclic amines) is 1. The van der Waals surface area contributed by atoms with E-state index in [4.69, 9.17) is 11.6 Å². The largest absolute Gasteiger partial charge is 0.481 e. The summed E-state index contributed by atoms with van der Waals surface area (Å²) in [6, 6.07) is 9.00. The molecule has 1 atom stereocenters. The molecule has 7 heteroatoms. The Balaban J connectivity index is 1.87. The maximum atomic E-state index is 12.9. The molecule has 1 aliphatic rings. The lowest BCUT2D eigenvalue weighted by atomic mass is 9.76.